The van der Waals surface area contributed by atoms with E-state index in [2.05, 4.69) is 0 Å². The molecule has 6 nitrogen and oxygen atoms in total. The summed E-state index contributed by atoms with van der Waals surface area (Å²) in [6.07, 6.45) is 2.24. The normalized spacial score (nSPS) is 29.7. The second kappa shape index (κ2) is 8.62. The van der Waals surface area contributed by atoms with Crippen LogP contribution in [0.5, 0.6) is 0 Å². The molecule has 1 rings (SSSR count). The topological polar surface area (TPSA) is 85.2 Å². The Morgan fingerprint density at radius 2 is 2.00 bits per heavy atom. The van der Waals surface area contributed by atoms with Gasteiger partial charge in [-0.15, -0.1) is 0 Å². The minimum absolute atomic E-state index is 0.254. The van der Waals surface area contributed by atoms with Gasteiger partial charge >= 0.3 is 5.97 Å². The fourth-order valence-corrected chi connectivity index (χ4v) is 2.01. The number of aliphatic hydroxyl groups is 2. The second-order valence-corrected chi connectivity index (χ2v) is 6.53. The van der Waals surface area contributed by atoms with Gasteiger partial charge in [0.1, 0.15) is 11.7 Å². The average Bonchev–Trinajstić information content (AvgIpc) is 2.37. The predicted octanol–water partition coefficient (Wildman–Crippen LogP) is 1.54. The minimum atomic E-state index is -0.816. The maximum atomic E-state index is 11.4. The highest BCUT2D eigenvalue weighted by molar-refractivity contribution is 5.82. The van der Waals surface area contributed by atoms with Crippen LogP contribution in [0.15, 0.2) is 12.2 Å². The van der Waals surface area contributed by atoms with Crippen molar-refractivity contribution in [2.24, 2.45) is 0 Å². The Labute approximate surface area is 132 Å². The number of ether oxygens (including phenoxy) is 3. The average molecular weight is 316 g/mol. The molecule has 0 spiro atoms. The van der Waals surface area contributed by atoms with E-state index in [4.69, 9.17) is 14.2 Å². The molecule has 0 amide bonds. The van der Waals surface area contributed by atoms with Crippen LogP contribution in [-0.2, 0) is 19.0 Å². The van der Waals surface area contributed by atoms with Crippen LogP contribution in [-0.4, -0.2) is 53.0 Å². The van der Waals surface area contributed by atoms with E-state index >= 15 is 0 Å². The third-order valence-electron chi connectivity index (χ3n) is 3.15. The van der Waals surface area contributed by atoms with Crippen molar-refractivity contribution in [3.05, 3.63) is 12.2 Å². The smallest absolute Gasteiger partial charge is 0.330 e. The number of unbranched alkanes of at least 4 members (excludes halogenated alkanes) is 1. The molecule has 1 aliphatic rings. The fraction of sp³-hybridized carbons (Fsp3) is 0.812. The molecule has 0 aliphatic carbocycles. The fourth-order valence-electron chi connectivity index (χ4n) is 2.01. The molecule has 2 N–H and O–H groups in total. The quantitative estimate of drug-likeness (QED) is 0.439. The Morgan fingerprint density at radius 3 is 2.64 bits per heavy atom. The molecule has 0 saturated carbocycles. The predicted molar refractivity (Wildman–Crippen MR) is 81.1 cm³/mol. The lowest BCUT2D eigenvalue weighted by Crippen LogP contribution is -2.47. The second-order valence-electron chi connectivity index (χ2n) is 6.53. The number of allylic oxidation sites excluding steroid dienone is 1. The number of carbonyl (C=O) groups is 1. The lowest BCUT2D eigenvalue weighted by molar-refractivity contribution is -0.260. The van der Waals surface area contributed by atoms with Gasteiger partial charge in [0.15, 0.2) is 6.29 Å². The molecule has 0 aromatic heterocycles. The third kappa shape index (κ3) is 7.35. The van der Waals surface area contributed by atoms with Crippen molar-refractivity contribution in [1.29, 1.82) is 0 Å². The van der Waals surface area contributed by atoms with Gasteiger partial charge in [0.05, 0.1) is 18.8 Å². The Bertz CT molecular complexity index is 373. The van der Waals surface area contributed by atoms with E-state index in [9.17, 15) is 15.0 Å². The number of carbonyl (C=O) groups excluding carboxylic acids is 1. The van der Waals surface area contributed by atoms with Crippen molar-refractivity contribution in [2.75, 3.05) is 6.61 Å². The minimum Gasteiger partial charge on any atom is -0.457 e. The Hall–Kier alpha value is -0.950. The maximum absolute atomic E-state index is 11.4. The molecule has 1 fully saturated rings. The van der Waals surface area contributed by atoms with Gasteiger partial charge in [0.25, 0.3) is 0 Å². The zero-order chi connectivity index (χ0) is 16.8. The summed E-state index contributed by atoms with van der Waals surface area (Å²) in [6, 6.07) is 0. The Balaban J connectivity index is 2.16. The van der Waals surface area contributed by atoms with Crippen LogP contribution >= 0.6 is 0 Å². The first-order chi connectivity index (χ1) is 10.2. The van der Waals surface area contributed by atoms with Crippen LogP contribution in [0.1, 0.15) is 47.0 Å². The van der Waals surface area contributed by atoms with Crippen molar-refractivity contribution < 1.29 is 29.2 Å². The van der Waals surface area contributed by atoms with Crippen LogP contribution in [0, 0.1) is 0 Å². The zero-order valence-electron chi connectivity index (χ0n) is 13.8. The van der Waals surface area contributed by atoms with E-state index in [1.165, 1.54) is 6.08 Å². The molecule has 1 aliphatic heterocycles. The molecule has 0 radical (unpaired) electrons. The summed E-state index contributed by atoms with van der Waals surface area (Å²) in [5.74, 6) is -0.359. The lowest BCUT2D eigenvalue weighted by atomic mass is 10.0. The summed E-state index contributed by atoms with van der Waals surface area (Å²) in [4.78, 5) is 11.4. The third-order valence-corrected chi connectivity index (χ3v) is 3.15. The summed E-state index contributed by atoms with van der Waals surface area (Å²) in [5, 5.41) is 19.3. The largest absolute Gasteiger partial charge is 0.457 e. The molecular formula is C16H28O6. The molecule has 0 aromatic carbocycles. The van der Waals surface area contributed by atoms with E-state index < -0.39 is 24.1 Å². The van der Waals surface area contributed by atoms with Gasteiger partial charge in [-0.3, -0.25) is 0 Å². The molecule has 128 valence electrons. The van der Waals surface area contributed by atoms with Gasteiger partial charge in [0, 0.05) is 12.5 Å². The van der Waals surface area contributed by atoms with Crippen molar-refractivity contribution >= 4 is 5.97 Å². The first kappa shape index (κ1) is 19.1. The van der Waals surface area contributed by atoms with Crippen molar-refractivity contribution in [1.82, 2.24) is 0 Å². The van der Waals surface area contributed by atoms with Crippen LogP contribution in [0.25, 0.3) is 0 Å². The molecular weight excluding hydrogens is 288 g/mol. The van der Waals surface area contributed by atoms with E-state index in [0.29, 0.717) is 19.4 Å². The zero-order valence-corrected chi connectivity index (χ0v) is 13.8. The van der Waals surface area contributed by atoms with E-state index in [-0.39, 0.29) is 18.5 Å². The number of hydrogen-bond acceptors (Lipinski definition) is 6. The van der Waals surface area contributed by atoms with E-state index in [1.54, 1.807) is 13.0 Å². The Kier molecular flexibility index (Phi) is 7.48. The van der Waals surface area contributed by atoms with Crippen molar-refractivity contribution in [2.45, 2.75) is 77.2 Å². The lowest BCUT2D eigenvalue weighted by Gasteiger charge is -2.35. The van der Waals surface area contributed by atoms with Gasteiger partial charge in [-0.2, -0.15) is 0 Å². The van der Waals surface area contributed by atoms with E-state index in [1.807, 2.05) is 20.8 Å². The van der Waals surface area contributed by atoms with Crippen LogP contribution in [0.2, 0.25) is 0 Å². The summed E-state index contributed by atoms with van der Waals surface area (Å²) in [6.45, 7) is 7.61. The van der Waals surface area contributed by atoms with Crippen molar-refractivity contribution in [3.63, 3.8) is 0 Å². The number of esters is 1. The van der Waals surface area contributed by atoms with Crippen molar-refractivity contribution in [3.8, 4) is 0 Å². The number of aliphatic hydroxyl groups excluding tert-OH is 2. The number of hydrogen-bond donors (Lipinski definition) is 2. The first-order valence-corrected chi connectivity index (χ1v) is 7.72. The SMILES string of the molecule is CC1O[C@@H](OCCCC=CC(=O)OC(C)(C)C)[C@H](O)C[C@H]1O. The summed E-state index contributed by atoms with van der Waals surface area (Å²) in [5.41, 5.74) is -0.486. The molecule has 1 heterocycles. The van der Waals surface area contributed by atoms with E-state index in [0.717, 1.165) is 0 Å². The Morgan fingerprint density at radius 1 is 1.32 bits per heavy atom. The number of rotatable bonds is 6. The molecule has 0 aromatic rings. The van der Waals surface area contributed by atoms with Gasteiger partial charge in [-0.25, -0.2) is 4.79 Å². The summed E-state index contributed by atoms with van der Waals surface area (Å²) in [7, 11) is 0. The summed E-state index contributed by atoms with van der Waals surface area (Å²) >= 11 is 0. The standard InChI is InChI=1S/C16H28O6/c1-11-12(17)10-13(18)15(21-11)20-9-7-5-6-8-14(19)22-16(2,3)4/h6,8,11-13,15,17-18H,5,7,9-10H2,1-4H3/t11?,12-,13-,15-/m1/s1. The highest BCUT2D eigenvalue weighted by Crippen LogP contribution is 2.21. The maximum Gasteiger partial charge on any atom is 0.330 e. The van der Waals surface area contributed by atoms with Gasteiger partial charge in [-0.05, 0) is 40.5 Å². The van der Waals surface area contributed by atoms with Crippen LogP contribution < -0.4 is 0 Å². The molecule has 1 saturated heterocycles. The first-order valence-electron chi connectivity index (χ1n) is 7.72. The molecule has 0 bridgehead atoms. The summed E-state index contributed by atoms with van der Waals surface area (Å²) < 4.78 is 16.0. The van der Waals surface area contributed by atoms with Gasteiger partial charge < -0.3 is 24.4 Å². The highest BCUT2D eigenvalue weighted by atomic mass is 16.7. The molecule has 4 atom stereocenters. The molecule has 22 heavy (non-hydrogen) atoms. The monoisotopic (exact) mass is 316 g/mol. The van der Waals surface area contributed by atoms with Gasteiger partial charge in [-0.1, -0.05) is 6.08 Å². The molecule has 1 unspecified atom stereocenters. The van der Waals surface area contributed by atoms with Crippen LogP contribution in [0.3, 0.4) is 0 Å². The molecule has 6 heteroatoms. The van der Waals surface area contributed by atoms with Crippen LogP contribution in [0.4, 0.5) is 0 Å². The van der Waals surface area contributed by atoms with Gasteiger partial charge in [0.2, 0.25) is 0 Å². The highest BCUT2D eigenvalue weighted by Gasteiger charge is 2.34.